The van der Waals surface area contributed by atoms with Crippen LogP contribution in [-0.2, 0) is 7.05 Å². The second-order valence-corrected chi connectivity index (χ2v) is 4.56. The molecule has 0 fully saturated rings. The van der Waals surface area contributed by atoms with E-state index in [2.05, 4.69) is 0 Å². The lowest BCUT2D eigenvalue weighted by Crippen LogP contribution is -2.25. The summed E-state index contributed by atoms with van der Waals surface area (Å²) in [5.41, 5.74) is 4.34. The molecule has 0 aliphatic rings. The zero-order valence-electron chi connectivity index (χ0n) is 10.1. The first kappa shape index (κ1) is 11.6. The normalized spacial score (nSPS) is 11.4. The standard InChI is InChI=1S/C13H7B4N/c1-18-12-4-10(16)8(14)2-6(12)7-3-9(15)11(17)5-13(7)18/h2-5H,1H3. The van der Waals surface area contributed by atoms with Gasteiger partial charge in [0.2, 0.25) is 0 Å². The molecular weight excluding hydrogens is 213 g/mol. The summed E-state index contributed by atoms with van der Waals surface area (Å²) in [6, 6.07) is 7.50. The van der Waals surface area contributed by atoms with Crippen LogP contribution in [0.3, 0.4) is 0 Å². The summed E-state index contributed by atoms with van der Waals surface area (Å²) in [4.78, 5) is 0. The predicted molar refractivity (Wildman–Crippen MR) is 82.0 cm³/mol. The highest BCUT2D eigenvalue weighted by atomic mass is 14.9. The smallest absolute Gasteiger partial charge is 0.113 e. The Morgan fingerprint density at radius 2 is 1.00 bits per heavy atom. The van der Waals surface area contributed by atoms with Crippen LogP contribution in [0.1, 0.15) is 0 Å². The Kier molecular flexibility index (Phi) is 2.41. The van der Waals surface area contributed by atoms with E-state index in [0.717, 1.165) is 21.8 Å². The van der Waals surface area contributed by atoms with Gasteiger partial charge in [-0.3, -0.25) is 0 Å². The van der Waals surface area contributed by atoms with E-state index in [1.165, 1.54) is 0 Å². The second-order valence-electron chi connectivity index (χ2n) is 4.56. The molecule has 0 unspecified atom stereocenters. The molecule has 5 heteroatoms. The lowest BCUT2D eigenvalue weighted by Gasteiger charge is -2.03. The first-order valence-corrected chi connectivity index (χ1v) is 5.61. The van der Waals surface area contributed by atoms with Crippen molar-refractivity contribution in [2.45, 2.75) is 0 Å². The van der Waals surface area contributed by atoms with Gasteiger partial charge >= 0.3 is 0 Å². The minimum atomic E-state index is 0.574. The van der Waals surface area contributed by atoms with Crippen LogP contribution in [0.2, 0.25) is 0 Å². The highest BCUT2D eigenvalue weighted by Gasteiger charge is 2.10. The zero-order valence-corrected chi connectivity index (χ0v) is 10.1. The van der Waals surface area contributed by atoms with E-state index < -0.39 is 0 Å². The molecule has 1 heterocycles. The van der Waals surface area contributed by atoms with Crippen molar-refractivity contribution in [3.05, 3.63) is 24.3 Å². The molecule has 0 N–H and O–H groups in total. The molecule has 0 saturated carbocycles. The molecule has 1 aromatic heterocycles. The maximum atomic E-state index is 5.86. The summed E-state index contributed by atoms with van der Waals surface area (Å²) in [7, 11) is 25.4. The molecule has 0 amide bonds. The molecule has 1 nitrogen and oxygen atoms in total. The molecule has 0 atom stereocenters. The van der Waals surface area contributed by atoms with Crippen molar-refractivity contribution >= 4 is 75.0 Å². The van der Waals surface area contributed by atoms with E-state index in [-0.39, 0.29) is 0 Å². The van der Waals surface area contributed by atoms with Gasteiger partial charge in [-0.15, -0.1) is 21.9 Å². The third-order valence-electron chi connectivity index (χ3n) is 3.42. The maximum absolute atomic E-state index is 5.86. The largest absolute Gasteiger partial charge is 0.344 e. The number of aryl methyl sites for hydroxylation is 1. The molecule has 2 aromatic carbocycles. The number of benzene rings is 2. The fourth-order valence-electron chi connectivity index (χ4n) is 2.36. The Labute approximate surface area is 111 Å². The van der Waals surface area contributed by atoms with Crippen LogP contribution < -0.4 is 21.9 Å². The van der Waals surface area contributed by atoms with Crippen molar-refractivity contribution in [2.75, 3.05) is 0 Å². The summed E-state index contributed by atoms with van der Waals surface area (Å²) >= 11 is 0. The Balaban J connectivity index is 2.58. The van der Waals surface area contributed by atoms with Gasteiger partial charge in [-0.05, 0) is 12.1 Å². The van der Waals surface area contributed by atoms with Gasteiger partial charge in [0.1, 0.15) is 31.4 Å². The number of nitrogens with zero attached hydrogens (tertiary/aromatic N) is 1. The van der Waals surface area contributed by atoms with E-state index in [4.69, 9.17) is 31.4 Å². The molecule has 0 bridgehead atoms. The molecule has 8 radical (unpaired) electrons. The molecule has 0 spiro atoms. The fraction of sp³-hybridized carbons (Fsp3) is 0.0769. The van der Waals surface area contributed by atoms with Gasteiger partial charge in [-0.25, -0.2) is 0 Å². The van der Waals surface area contributed by atoms with Gasteiger partial charge in [0.25, 0.3) is 0 Å². The van der Waals surface area contributed by atoms with Crippen molar-refractivity contribution in [1.29, 1.82) is 0 Å². The van der Waals surface area contributed by atoms with Crippen molar-refractivity contribution in [2.24, 2.45) is 7.05 Å². The van der Waals surface area contributed by atoms with Gasteiger partial charge in [0.15, 0.2) is 0 Å². The van der Waals surface area contributed by atoms with E-state index in [9.17, 15) is 0 Å². The van der Waals surface area contributed by atoms with Gasteiger partial charge in [-0.1, -0.05) is 12.1 Å². The molecule has 0 saturated heterocycles. The average molecular weight is 220 g/mol. The number of hydrogen-bond acceptors (Lipinski definition) is 0. The van der Waals surface area contributed by atoms with E-state index in [1.807, 2.05) is 35.9 Å². The minimum Gasteiger partial charge on any atom is -0.344 e. The number of hydrogen-bond donors (Lipinski definition) is 0. The van der Waals surface area contributed by atoms with Crippen LogP contribution >= 0.6 is 0 Å². The lowest BCUT2D eigenvalue weighted by molar-refractivity contribution is 1.02. The van der Waals surface area contributed by atoms with Crippen LogP contribution in [0.25, 0.3) is 21.8 Å². The first-order chi connectivity index (χ1) is 8.49. The Morgan fingerprint density at radius 3 is 1.39 bits per heavy atom. The molecule has 3 rings (SSSR count). The summed E-state index contributed by atoms with van der Waals surface area (Å²) in [5.74, 6) is 0. The molecule has 0 aliphatic carbocycles. The Morgan fingerprint density at radius 1 is 0.667 bits per heavy atom. The maximum Gasteiger partial charge on any atom is 0.113 e. The van der Waals surface area contributed by atoms with E-state index in [1.54, 1.807) is 0 Å². The Bertz CT molecular complexity index is 724. The summed E-state index contributed by atoms with van der Waals surface area (Å²) < 4.78 is 2.04. The first-order valence-electron chi connectivity index (χ1n) is 5.61. The van der Waals surface area contributed by atoms with Crippen LogP contribution in [0.4, 0.5) is 0 Å². The molecule has 3 aromatic rings. The second kappa shape index (κ2) is 3.74. The summed E-state index contributed by atoms with van der Waals surface area (Å²) in [6.07, 6.45) is 0. The third-order valence-corrected chi connectivity index (χ3v) is 3.42. The van der Waals surface area contributed by atoms with Crippen molar-refractivity contribution < 1.29 is 0 Å². The molecule has 76 valence electrons. The predicted octanol–water partition coefficient (Wildman–Crippen LogP) is -1.49. The van der Waals surface area contributed by atoms with E-state index in [0.29, 0.717) is 21.9 Å². The highest BCUT2D eigenvalue weighted by molar-refractivity contribution is 6.51. The van der Waals surface area contributed by atoms with Gasteiger partial charge in [-0.2, -0.15) is 0 Å². The van der Waals surface area contributed by atoms with Gasteiger partial charge in [0.05, 0.1) is 0 Å². The van der Waals surface area contributed by atoms with E-state index >= 15 is 0 Å². The fourth-order valence-corrected chi connectivity index (χ4v) is 2.36. The number of aromatic nitrogens is 1. The van der Waals surface area contributed by atoms with Crippen molar-refractivity contribution in [3.63, 3.8) is 0 Å². The third kappa shape index (κ3) is 1.46. The van der Waals surface area contributed by atoms with Crippen LogP contribution in [0, 0.1) is 0 Å². The topological polar surface area (TPSA) is 4.93 Å². The summed E-state index contributed by atoms with van der Waals surface area (Å²) in [5, 5.41) is 2.07. The molecular formula is C13H7B4N. The van der Waals surface area contributed by atoms with Crippen LogP contribution in [-0.4, -0.2) is 36.0 Å². The number of rotatable bonds is 0. The highest BCUT2D eigenvalue weighted by Crippen LogP contribution is 2.25. The molecule has 0 aliphatic heterocycles. The quantitative estimate of drug-likeness (QED) is 0.407. The van der Waals surface area contributed by atoms with Crippen LogP contribution in [0.5, 0.6) is 0 Å². The van der Waals surface area contributed by atoms with Crippen molar-refractivity contribution in [3.8, 4) is 0 Å². The molecule has 18 heavy (non-hydrogen) atoms. The van der Waals surface area contributed by atoms with Gasteiger partial charge < -0.3 is 4.57 Å². The van der Waals surface area contributed by atoms with Crippen LogP contribution in [0.15, 0.2) is 24.3 Å². The monoisotopic (exact) mass is 221 g/mol. The average Bonchev–Trinajstić information content (AvgIpc) is 2.56. The van der Waals surface area contributed by atoms with Crippen molar-refractivity contribution in [1.82, 2.24) is 4.57 Å². The lowest BCUT2D eigenvalue weighted by atomic mass is 9.78. The minimum absolute atomic E-state index is 0.574. The van der Waals surface area contributed by atoms with Gasteiger partial charge in [0, 0.05) is 28.9 Å². The SMILES string of the molecule is [B]c1cc2c3cc([B])c([B])cc3n(C)c2cc1[B]. The Hall–Kier alpha value is -1.50. The summed E-state index contributed by atoms with van der Waals surface area (Å²) in [6.45, 7) is 0. The zero-order chi connectivity index (χ0) is 13.0. The number of fused-ring (bicyclic) bond motifs is 3.